The Balaban J connectivity index is 4.22. The summed E-state index contributed by atoms with van der Waals surface area (Å²) >= 11 is 0. The number of ether oxygens (including phenoxy) is 2. The van der Waals surface area contributed by atoms with Crippen LogP contribution in [0.15, 0.2) is 122 Å². The summed E-state index contributed by atoms with van der Waals surface area (Å²) in [5, 5.41) is 0. The van der Waals surface area contributed by atoms with Gasteiger partial charge < -0.3 is 18.9 Å². The van der Waals surface area contributed by atoms with Crippen LogP contribution in [0.1, 0.15) is 258 Å². The highest BCUT2D eigenvalue weighted by Gasteiger charge is 2.27. The summed E-state index contributed by atoms with van der Waals surface area (Å²) in [5.74, 6) is -0.838. The molecule has 0 saturated heterocycles. The predicted molar refractivity (Wildman–Crippen MR) is 344 cm³/mol. The summed E-state index contributed by atoms with van der Waals surface area (Å²) in [6.45, 7) is 4.29. The summed E-state index contributed by atoms with van der Waals surface area (Å²) < 4.78 is 34.6. The minimum Gasteiger partial charge on any atom is -0.462 e. The van der Waals surface area contributed by atoms with Crippen LogP contribution in [0, 0.1) is 0 Å². The van der Waals surface area contributed by atoms with Crippen LogP contribution >= 0.6 is 7.82 Å². The Bertz CT molecular complexity index is 1760. The molecule has 2 atom stereocenters. The Hall–Kier alpha value is -3.59. The van der Waals surface area contributed by atoms with Crippen molar-refractivity contribution in [2.24, 2.45) is 0 Å². The molecule has 1 N–H and O–H groups in total. The molecular weight excluding hydrogens is 1010 g/mol. The lowest BCUT2D eigenvalue weighted by molar-refractivity contribution is -0.870. The van der Waals surface area contributed by atoms with E-state index in [-0.39, 0.29) is 32.0 Å². The first-order valence-electron chi connectivity index (χ1n) is 32.3. The largest absolute Gasteiger partial charge is 0.472 e. The number of unbranched alkanes of at least 4 members (excludes halogenated alkanes) is 24. The summed E-state index contributed by atoms with van der Waals surface area (Å²) in [6, 6.07) is 0. The Labute approximate surface area is 492 Å². The molecule has 0 heterocycles. The van der Waals surface area contributed by atoms with E-state index in [0.29, 0.717) is 17.4 Å². The molecular formula is C70H121NO8P+. The number of phosphoric ester groups is 1. The van der Waals surface area contributed by atoms with Crippen LogP contribution in [0.25, 0.3) is 0 Å². The standard InChI is InChI=1S/C70H120NO8P/c1-6-8-10-12-14-16-18-20-22-24-26-28-30-32-33-34-35-36-37-39-41-43-45-47-49-51-53-55-57-59-61-63-70(73)79-68(67-78-80(74,75)77-65-64-71(3,4)5)66-76-69(72)62-60-58-56-54-52-50-48-46-44-42-40-38-31-29-27-25-23-21-19-17-15-13-11-9-7-2/h8,10,14,16,20,22,25-28,32-33,35-36,39,41,45,47,51,53,68H,6-7,9,11-13,15,17-19,21,23-24,29-31,34,37-38,40,42-44,46,48-50,52,54-67H2,1-5H3/p+1/b10-8-,16-14-,22-20-,27-25-,28-26-,33-32-,36-35-,41-39-,47-45-,53-51-. The number of quaternary nitrogens is 1. The SMILES string of the molecule is CC/C=C\C/C=C\C/C=C\C/C=C\C/C=C\C/C=C\C/C=C\C/C=C\C/C=C\CCCCCC(=O)OC(COC(=O)CCCCCCCCCCCCCCC/C=C\CCCCCCCCCC)COP(=O)(O)OCC[N+](C)(C)C. The molecule has 0 aromatic carbocycles. The number of likely N-dealkylation sites (N-methyl/N-ethyl adjacent to an activating group) is 1. The highest BCUT2D eigenvalue weighted by molar-refractivity contribution is 7.47. The highest BCUT2D eigenvalue weighted by atomic mass is 31.2. The molecule has 0 aliphatic rings. The fourth-order valence-electron chi connectivity index (χ4n) is 8.53. The highest BCUT2D eigenvalue weighted by Crippen LogP contribution is 2.43. The van der Waals surface area contributed by atoms with E-state index in [1.54, 1.807) is 0 Å². The maximum absolute atomic E-state index is 12.8. The second-order valence-electron chi connectivity index (χ2n) is 22.4. The van der Waals surface area contributed by atoms with E-state index in [9.17, 15) is 19.0 Å². The zero-order valence-corrected chi connectivity index (χ0v) is 52.9. The van der Waals surface area contributed by atoms with Gasteiger partial charge in [0.2, 0.25) is 0 Å². The molecule has 0 aliphatic heterocycles. The zero-order chi connectivity index (χ0) is 58.4. The third-order valence-corrected chi connectivity index (χ3v) is 14.5. The van der Waals surface area contributed by atoms with Crippen molar-refractivity contribution in [3.8, 4) is 0 Å². The van der Waals surface area contributed by atoms with Gasteiger partial charge in [0.05, 0.1) is 27.7 Å². The summed E-state index contributed by atoms with van der Waals surface area (Å²) in [4.78, 5) is 35.8. The molecule has 2 unspecified atom stereocenters. The first-order valence-corrected chi connectivity index (χ1v) is 33.8. The van der Waals surface area contributed by atoms with E-state index >= 15 is 0 Å². The topological polar surface area (TPSA) is 108 Å². The van der Waals surface area contributed by atoms with E-state index in [1.807, 2.05) is 21.1 Å². The van der Waals surface area contributed by atoms with Gasteiger partial charge in [-0.3, -0.25) is 18.6 Å². The number of hydrogen-bond donors (Lipinski definition) is 1. The van der Waals surface area contributed by atoms with Crippen LogP contribution < -0.4 is 0 Å². The average Bonchev–Trinajstić information content (AvgIpc) is 3.42. The number of carbonyl (C=O) groups is 2. The Kier molecular flexibility index (Phi) is 57.3. The number of nitrogens with zero attached hydrogens (tertiary/aromatic N) is 1. The van der Waals surface area contributed by atoms with Crippen molar-refractivity contribution in [3.05, 3.63) is 122 Å². The van der Waals surface area contributed by atoms with Gasteiger partial charge in [0.15, 0.2) is 6.10 Å². The van der Waals surface area contributed by atoms with Crippen molar-refractivity contribution in [1.82, 2.24) is 0 Å². The number of phosphoric acid groups is 1. The molecule has 0 spiro atoms. The van der Waals surface area contributed by atoms with Crippen molar-refractivity contribution in [3.63, 3.8) is 0 Å². The van der Waals surface area contributed by atoms with Crippen molar-refractivity contribution >= 4 is 19.8 Å². The van der Waals surface area contributed by atoms with Gasteiger partial charge in [0.25, 0.3) is 0 Å². The summed E-state index contributed by atoms with van der Waals surface area (Å²) in [7, 11) is 1.44. The van der Waals surface area contributed by atoms with Crippen molar-refractivity contribution in [2.75, 3.05) is 47.5 Å². The second-order valence-corrected chi connectivity index (χ2v) is 23.9. The molecule has 10 heteroatoms. The first-order chi connectivity index (χ1) is 39.0. The number of esters is 2. The second kappa shape index (κ2) is 60.0. The molecule has 0 fully saturated rings. The molecule has 9 nitrogen and oxygen atoms in total. The fraction of sp³-hybridized carbons (Fsp3) is 0.686. The lowest BCUT2D eigenvalue weighted by Gasteiger charge is -2.24. The van der Waals surface area contributed by atoms with Crippen LogP contribution in [0.2, 0.25) is 0 Å². The Morgan fingerprint density at radius 2 is 0.713 bits per heavy atom. The smallest absolute Gasteiger partial charge is 0.462 e. The van der Waals surface area contributed by atoms with Gasteiger partial charge in [-0.2, -0.15) is 0 Å². The van der Waals surface area contributed by atoms with Crippen LogP contribution in [-0.2, 0) is 32.7 Å². The molecule has 0 radical (unpaired) electrons. The molecule has 458 valence electrons. The van der Waals surface area contributed by atoms with Crippen molar-refractivity contribution < 1.29 is 42.1 Å². The lowest BCUT2D eigenvalue weighted by Crippen LogP contribution is -2.37. The number of rotatable bonds is 58. The molecule has 0 amide bonds. The minimum atomic E-state index is -4.41. The first kappa shape index (κ1) is 76.4. The van der Waals surface area contributed by atoms with Gasteiger partial charge in [-0.15, -0.1) is 0 Å². The Morgan fingerprint density at radius 3 is 1.09 bits per heavy atom. The van der Waals surface area contributed by atoms with Crippen LogP contribution in [0.5, 0.6) is 0 Å². The molecule has 0 rings (SSSR count). The number of carbonyl (C=O) groups excluding carboxylic acids is 2. The molecule has 0 aromatic rings. The maximum Gasteiger partial charge on any atom is 0.472 e. The fourth-order valence-corrected chi connectivity index (χ4v) is 9.27. The van der Waals surface area contributed by atoms with Gasteiger partial charge >= 0.3 is 19.8 Å². The molecule has 0 aliphatic carbocycles. The summed E-state index contributed by atoms with van der Waals surface area (Å²) in [5.41, 5.74) is 0. The third kappa shape index (κ3) is 63.6. The monoisotopic (exact) mass is 1130 g/mol. The van der Waals surface area contributed by atoms with Crippen LogP contribution in [0.3, 0.4) is 0 Å². The minimum absolute atomic E-state index is 0.0190. The predicted octanol–water partition coefficient (Wildman–Crippen LogP) is 20.7. The molecule has 0 saturated carbocycles. The van der Waals surface area contributed by atoms with E-state index in [0.717, 1.165) is 96.3 Å². The van der Waals surface area contributed by atoms with Gasteiger partial charge in [-0.05, 0) is 109 Å². The van der Waals surface area contributed by atoms with E-state index in [1.165, 1.54) is 128 Å². The Morgan fingerprint density at radius 1 is 0.400 bits per heavy atom. The number of allylic oxidation sites excluding steroid dienone is 20. The quantitative estimate of drug-likeness (QED) is 0.0211. The van der Waals surface area contributed by atoms with Crippen molar-refractivity contribution in [1.29, 1.82) is 0 Å². The van der Waals surface area contributed by atoms with Gasteiger partial charge in [-0.1, -0.05) is 257 Å². The summed E-state index contributed by atoms with van der Waals surface area (Å²) in [6.07, 6.45) is 85.7. The van der Waals surface area contributed by atoms with E-state index < -0.39 is 26.5 Å². The van der Waals surface area contributed by atoms with Crippen molar-refractivity contribution in [2.45, 2.75) is 264 Å². The van der Waals surface area contributed by atoms with E-state index in [4.69, 9.17) is 18.5 Å². The van der Waals surface area contributed by atoms with Gasteiger partial charge in [0.1, 0.15) is 19.8 Å². The number of hydrogen-bond acceptors (Lipinski definition) is 7. The van der Waals surface area contributed by atoms with Crippen LogP contribution in [-0.4, -0.2) is 74.9 Å². The van der Waals surface area contributed by atoms with E-state index in [2.05, 4.69) is 135 Å². The normalized spacial score (nSPS) is 14.0. The molecule has 80 heavy (non-hydrogen) atoms. The third-order valence-electron chi connectivity index (χ3n) is 13.5. The maximum atomic E-state index is 12.8. The van der Waals surface area contributed by atoms with Gasteiger partial charge in [-0.25, -0.2) is 4.57 Å². The van der Waals surface area contributed by atoms with Gasteiger partial charge in [0, 0.05) is 12.8 Å². The zero-order valence-electron chi connectivity index (χ0n) is 52.0. The van der Waals surface area contributed by atoms with Crippen LogP contribution in [0.4, 0.5) is 0 Å². The molecule has 0 bridgehead atoms. The average molecular weight is 1140 g/mol. The lowest BCUT2D eigenvalue weighted by atomic mass is 10.0. The molecule has 0 aromatic heterocycles.